The van der Waals surface area contributed by atoms with Crippen LogP contribution in [0.25, 0.3) is 10.2 Å². The summed E-state index contributed by atoms with van der Waals surface area (Å²) in [5.74, 6) is 0.739. The third-order valence-electron chi connectivity index (χ3n) is 4.70. The summed E-state index contributed by atoms with van der Waals surface area (Å²) < 4.78 is 6.75. The number of benzene rings is 2. The Labute approximate surface area is 170 Å². The molecule has 0 fully saturated rings. The number of carbonyl (C=O) groups excluding carboxylic acids is 1. The van der Waals surface area contributed by atoms with E-state index in [4.69, 9.17) is 9.72 Å². The zero-order valence-electron chi connectivity index (χ0n) is 16.7. The minimum Gasteiger partial charge on any atom is -0.492 e. The molecular weight excluding hydrogens is 370 g/mol. The molecule has 1 aromatic heterocycles. The van der Waals surface area contributed by atoms with Gasteiger partial charge in [0.15, 0.2) is 5.13 Å². The van der Waals surface area contributed by atoms with Crippen molar-refractivity contribution in [3.05, 3.63) is 54.1 Å². The van der Waals surface area contributed by atoms with E-state index in [2.05, 4.69) is 18.7 Å². The highest BCUT2D eigenvalue weighted by atomic mass is 32.1. The van der Waals surface area contributed by atoms with Crippen molar-refractivity contribution in [3.63, 3.8) is 0 Å². The molecule has 0 N–H and O–H groups in total. The molecule has 1 heterocycles. The summed E-state index contributed by atoms with van der Waals surface area (Å²) in [6.45, 7) is 10.1. The second kappa shape index (κ2) is 9.66. The maximum atomic E-state index is 13.3. The Balaban J connectivity index is 1.97. The monoisotopic (exact) mass is 397 g/mol. The van der Waals surface area contributed by atoms with E-state index in [1.165, 1.54) is 11.3 Å². The van der Waals surface area contributed by atoms with Crippen molar-refractivity contribution in [2.24, 2.45) is 0 Å². The molecule has 0 saturated carbocycles. The van der Waals surface area contributed by atoms with Crippen molar-refractivity contribution in [1.82, 2.24) is 9.88 Å². The maximum Gasteiger partial charge on any atom is 0.260 e. The first-order valence-electron chi connectivity index (χ1n) is 9.79. The van der Waals surface area contributed by atoms with Gasteiger partial charge >= 0.3 is 0 Å². The number of hydrogen-bond acceptors (Lipinski definition) is 5. The van der Waals surface area contributed by atoms with Crippen LogP contribution in [0.2, 0.25) is 0 Å². The molecule has 0 unspecified atom stereocenters. The number of nitrogens with zero attached hydrogens (tertiary/aromatic N) is 3. The molecule has 3 rings (SSSR count). The smallest absolute Gasteiger partial charge is 0.260 e. The maximum absolute atomic E-state index is 13.3. The Bertz CT molecular complexity index is 907. The van der Waals surface area contributed by atoms with Crippen LogP contribution in [0, 0.1) is 0 Å². The molecule has 6 heteroatoms. The van der Waals surface area contributed by atoms with Crippen molar-refractivity contribution in [2.75, 3.05) is 37.7 Å². The third-order valence-corrected chi connectivity index (χ3v) is 5.75. The van der Waals surface area contributed by atoms with Crippen molar-refractivity contribution >= 4 is 32.6 Å². The highest BCUT2D eigenvalue weighted by Gasteiger charge is 2.22. The van der Waals surface area contributed by atoms with Crippen LogP contribution in [0.4, 0.5) is 5.13 Å². The van der Waals surface area contributed by atoms with E-state index in [1.54, 1.807) is 4.90 Å². The lowest BCUT2D eigenvalue weighted by Crippen LogP contribution is -2.38. The SMILES string of the molecule is CCOc1cccc2sc(N(CCN(CC)CC)C(=O)c3ccccc3)nc12. The molecule has 148 valence electrons. The summed E-state index contributed by atoms with van der Waals surface area (Å²) in [6, 6.07) is 15.3. The topological polar surface area (TPSA) is 45.7 Å². The van der Waals surface area contributed by atoms with Gasteiger partial charge in [0.05, 0.1) is 11.3 Å². The number of hydrogen-bond donors (Lipinski definition) is 0. The van der Waals surface area contributed by atoms with E-state index in [1.807, 2.05) is 55.5 Å². The summed E-state index contributed by atoms with van der Waals surface area (Å²) in [4.78, 5) is 22.2. The van der Waals surface area contributed by atoms with E-state index in [9.17, 15) is 4.79 Å². The first kappa shape index (κ1) is 20.3. The van der Waals surface area contributed by atoms with E-state index in [-0.39, 0.29) is 5.91 Å². The molecule has 28 heavy (non-hydrogen) atoms. The lowest BCUT2D eigenvalue weighted by Gasteiger charge is -2.24. The summed E-state index contributed by atoms with van der Waals surface area (Å²) in [7, 11) is 0. The second-order valence-corrected chi connectivity index (χ2v) is 7.39. The van der Waals surface area contributed by atoms with Crippen molar-refractivity contribution in [3.8, 4) is 5.75 Å². The lowest BCUT2D eigenvalue weighted by molar-refractivity contribution is 0.0983. The van der Waals surface area contributed by atoms with Crippen LogP contribution in [-0.4, -0.2) is 48.6 Å². The largest absolute Gasteiger partial charge is 0.492 e. The zero-order valence-corrected chi connectivity index (χ0v) is 17.5. The minimum atomic E-state index is -0.0234. The lowest BCUT2D eigenvalue weighted by atomic mass is 10.2. The molecule has 3 aromatic rings. The van der Waals surface area contributed by atoms with Crippen LogP contribution in [0.1, 0.15) is 31.1 Å². The molecule has 0 radical (unpaired) electrons. The highest BCUT2D eigenvalue weighted by Crippen LogP contribution is 2.34. The van der Waals surface area contributed by atoms with Crippen LogP contribution < -0.4 is 9.64 Å². The number of anilines is 1. The molecule has 0 aliphatic heterocycles. The van der Waals surface area contributed by atoms with Crippen molar-refractivity contribution in [1.29, 1.82) is 0 Å². The molecule has 5 nitrogen and oxygen atoms in total. The van der Waals surface area contributed by atoms with E-state index in [0.29, 0.717) is 23.8 Å². The number of thiazole rings is 1. The summed E-state index contributed by atoms with van der Waals surface area (Å²) >= 11 is 1.53. The normalized spacial score (nSPS) is 11.1. The number of likely N-dealkylation sites (N-methyl/N-ethyl adjacent to an activating group) is 1. The summed E-state index contributed by atoms with van der Waals surface area (Å²) in [5, 5.41) is 0.711. The van der Waals surface area contributed by atoms with Crippen LogP contribution in [0.15, 0.2) is 48.5 Å². The summed E-state index contributed by atoms with van der Waals surface area (Å²) in [6.07, 6.45) is 0. The molecule has 0 spiro atoms. The Kier molecular flexibility index (Phi) is 7.01. The number of rotatable bonds is 9. The first-order chi connectivity index (χ1) is 13.7. The van der Waals surface area contributed by atoms with Crippen molar-refractivity contribution < 1.29 is 9.53 Å². The predicted molar refractivity (Wildman–Crippen MR) is 117 cm³/mol. The number of ether oxygens (including phenoxy) is 1. The highest BCUT2D eigenvalue weighted by molar-refractivity contribution is 7.22. The fourth-order valence-electron chi connectivity index (χ4n) is 3.10. The van der Waals surface area contributed by atoms with Gasteiger partial charge in [0.25, 0.3) is 5.91 Å². The van der Waals surface area contributed by atoms with E-state index < -0.39 is 0 Å². The van der Waals surface area contributed by atoms with Gasteiger partial charge in [-0.25, -0.2) is 4.98 Å². The minimum absolute atomic E-state index is 0.0234. The van der Waals surface area contributed by atoms with Gasteiger partial charge < -0.3 is 9.64 Å². The van der Waals surface area contributed by atoms with Crippen LogP contribution in [0.3, 0.4) is 0 Å². The standard InChI is InChI=1S/C22H27N3O2S/c1-4-24(5-2)15-16-25(21(26)17-11-8-7-9-12-17)22-23-20-18(27-6-3)13-10-14-19(20)28-22/h7-14H,4-6,15-16H2,1-3H3. The fraction of sp³-hybridized carbons (Fsp3) is 0.364. The van der Waals surface area contributed by atoms with Gasteiger partial charge in [-0.15, -0.1) is 0 Å². The van der Waals surface area contributed by atoms with Gasteiger partial charge in [-0.05, 0) is 44.3 Å². The average Bonchev–Trinajstić information content (AvgIpc) is 3.17. The Morgan fingerprint density at radius 1 is 1.00 bits per heavy atom. The van der Waals surface area contributed by atoms with Gasteiger partial charge in [-0.3, -0.25) is 9.69 Å². The van der Waals surface area contributed by atoms with Crippen LogP contribution in [0.5, 0.6) is 5.75 Å². The zero-order chi connectivity index (χ0) is 19.9. The molecule has 1 amide bonds. The molecule has 0 saturated heterocycles. The Hall–Kier alpha value is -2.44. The predicted octanol–water partition coefficient (Wildman–Crippen LogP) is 4.68. The molecule has 0 aliphatic rings. The second-order valence-electron chi connectivity index (χ2n) is 6.38. The molecular formula is C22H27N3O2S. The van der Waals surface area contributed by atoms with Gasteiger partial charge in [0.2, 0.25) is 0 Å². The number of carbonyl (C=O) groups is 1. The average molecular weight is 398 g/mol. The van der Waals surface area contributed by atoms with Crippen LogP contribution >= 0.6 is 11.3 Å². The van der Waals surface area contributed by atoms with Crippen LogP contribution in [-0.2, 0) is 0 Å². The van der Waals surface area contributed by atoms with E-state index in [0.717, 1.165) is 35.6 Å². The van der Waals surface area contributed by atoms with Gasteiger partial charge in [0, 0.05) is 18.7 Å². The Morgan fingerprint density at radius 2 is 1.75 bits per heavy atom. The summed E-state index contributed by atoms with van der Waals surface area (Å²) in [5.41, 5.74) is 1.49. The first-order valence-corrected chi connectivity index (χ1v) is 10.6. The Morgan fingerprint density at radius 3 is 2.43 bits per heavy atom. The fourth-order valence-corrected chi connectivity index (χ4v) is 4.11. The number of para-hydroxylation sites is 1. The number of fused-ring (bicyclic) bond motifs is 1. The quantitative estimate of drug-likeness (QED) is 0.526. The molecule has 0 bridgehead atoms. The molecule has 0 atom stereocenters. The number of amides is 1. The van der Waals surface area contributed by atoms with E-state index >= 15 is 0 Å². The van der Waals surface area contributed by atoms with Gasteiger partial charge in [-0.2, -0.15) is 0 Å². The molecule has 0 aliphatic carbocycles. The number of aromatic nitrogens is 1. The third kappa shape index (κ3) is 4.51. The van der Waals surface area contributed by atoms with Gasteiger partial charge in [-0.1, -0.05) is 49.4 Å². The van der Waals surface area contributed by atoms with Gasteiger partial charge in [0.1, 0.15) is 11.3 Å². The molecule has 2 aromatic carbocycles. The van der Waals surface area contributed by atoms with Crippen molar-refractivity contribution in [2.45, 2.75) is 20.8 Å².